The Bertz CT molecular complexity index is 566. The van der Waals surface area contributed by atoms with E-state index in [1.165, 1.54) is 11.8 Å². The zero-order valence-corrected chi connectivity index (χ0v) is 13.1. The fourth-order valence-corrected chi connectivity index (χ4v) is 3.13. The van der Waals surface area contributed by atoms with Crippen LogP contribution >= 0.6 is 24.0 Å². The van der Waals surface area contributed by atoms with Crippen LogP contribution in [0.2, 0.25) is 0 Å². The number of amides is 1. The van der Waals surface area contributed by atoms with Crippen molar-refractivity contribution in [2.75, 3.05) is 18.5 Å². The van der Waals surface area contributed by atoms with Gasteiger partial charge in [-0.2, -0.15) is 0 Å². The molecule has 3 nitrogen and oxygen atoms in total. The first kappa shape index (κ1) is 14.8. The maximum atomic E-state index is 12.0. The molecule has 5 heteroatoms. The zero-order valence-electron chi connectivity index (χ0n) is 11.4. The molecule has 0 radical (unpaired) electrons. The van der Waals surface area contributed by atoms with Crippen LogP contribution in [0.3, 0.4) is 0 Å². The van der Waals surface area contributed by atoms with Crippen molar-refractivity contribution in [1.82, 2.24) is 4.90 Å². The number of para-hydroxylation sites is 1. The van der Waals surface area contributed by atoms with Crippen molar-refractivity contribution in [1.29, 1.82) is 0 Å². The maximum absolute atomic E-state index is 12.0. The minimum Gasteiger partial charge on any atom is -0.351 e. The molecule has 0 unspecified atom stereocenters. The molecule has 0 aromatic heterocycles. The van der Waals surface area contributed by atoms with Crippen molar-refractivity contribution in [3.8, 4) is 0 Å². The highest BCUT2D eigenvalue weighted by atomic mass is 32.2. The van der Waals surface area contributed by atoms with Crippen molar-refractivity contribution in [2.45, 2.75) is 6.92 Å². The largest absolute Gasteiger partial charge is 0.351 e. The van der Waals surface area contributed by atoms with Crippen LogP contribution in [-0.4, -0.2) is 28.7 Å². The van der Waals surface area contributed by atoms with E-state index in [-0.39, 0.29) is 5.91 Å². The number of thiocarbonyl (C=S) groups is 1. The van der Waals surface area contributed by atoms with E-state index in [1.807, 2.05) is 67.6 Å². The molecule has 1 amide bonds. The lowest BCUT2D eigenvalue weighted by Crippen LogP contribution is -2.27. The Balaban J connectivity index is 2.05. The summed E-state index contributed by atoms with van der Waals surface area (Å²) < 4.78 is 0.633. The van der Waals surface area contributed by atoms with Gasteiger partial charge in [0.25, 0.3) is 5.91 Å². The van der Waals surface area contributed by atoms with Crippen molar-refractivity contribution in [3.63, 3.8) is 0 Å². The summed E-state index contributed by atoms with van der Waals surface area (Å²) in [6.45, 7) is 2.54. The first-order valence-corrected chi connectivity index (χ1v) is 7.56. The minimum atomic E-state index is -0.00508. The molecule has 104 valence electrons. The average Bonchev–Trinajstić information content (AvgIpc) is 2.74. The molecule has 0 atom stereocenters. The molecule has 0 N–H and O–H groups in total. The molecule has 1 aromatic carbocycles. The summed E-state index contributed by atoms with van der Waals surface area (Å²) in [6, 6.07) is 10.0. The molecule has 1 heterocycles. The van der Waals surface area contributed by atoms with Gasteiger partial charge in [-0.1, -0.05) is 42.2 Å². The van der Waals surface area contributed by atoms with E-state index >= 15 is 0 Å². The molecule has 20 heavy (non-hydrogen) atoms. The summed E-state index contributed by atoms with van der Waals surface area (Å²) in [5.74, 6) is -0.00508. The predicted molar refractivity (Wildman–Crippen MR) is 89.6 cm³/mol. The summed E-state index contributed by atoms with van der Waals surface area (Å²) >= 11 is 6.52. The normalized spacial score (nSPS) is 17.5. The number of hydrogen-bond acceptors (Lipinski definition) is 4. The highest BCUT2D eigenvalue weighted by Gasteiger charge is 2.29. The van der Waals surface area contributed by atoms with Crippen LogP contribution < -0.4 is 4.90 Å². The highest BCUT2D eigenvalue weighted by Crippen LogP contribution is 2.30. The van der Waals surface area contributed by atoms with Crippen LogP contribution in [0.1, 0.15) is 6.92 Å². The lowest BCUT2D eigenvalue weighted by Gasteiger charge is -2.12. The molecule has 0 saturated carbocycles. The van der Waals surface area contributed by atoms with E-state index in [0.717, 1.165) is 5.69 Å². The number of anilines is 1. The van der Waals surface area contributed by atoms with Crippen LogP contribution in [-0.2, 0) is 4.79 Å². The van der Waals surface area contributed by atoms with E-state index in [4.69, 9.17) is 12.2 Å². The summed E-state index contributed by atoms with van der Waals surface area (Å²) in [5, 5.41) is 0. The molecule has 1 saturated heterocycles. The number of thioether (sulfide) groups is 1. The number of carbonyl (C=O) groups is 1. The first-order chi connectivity index (χ1) is 9.63. The SMILES string of the molecule is CCN1C(=O)C(=CC=CN(C)c2ccccc2)SC1=S. The van der Waals surface area contributed by atoms with Gasteiger partial charge in [0.2, 0.25) is 0 Å². The average molecular weight is 304 g/mol. The van der Waals surface area contributed by atoms with E-state index in [1.54, 1.807) is 4.90 Å². The molecular formula is C15H16N2OS2. The van der Waals surface area contributed by atoms with Crippen LogP contribution in [0.15, 0.2) is 53.6 Å². The fraction of sp³-hybridized carbons (Fsp3) is 0.200. The van der Waals surface area contributed by atoms with Crippen molar-refractivity contribution < 1.29 is 4.79 Å². The maximum Gasteiger partial charge on any atom is 0.266 e. The topological polar surface area (TPSA) is 23.6 Å². The summed E-state index contributed by atoms with van der Waals surface area (Å²) in [6.07, 6.45) is 5.61. The number of likely N-dealkylation sites (N-methyl/N-ethyl adjacent to an activating group) is 1. The van der Waals surface area contributed by atoms with Gasteiger partial charge < -0.3 is 4.90 Å². The monoisotopic (exact) mass is 304 g/mol. The number of rotatable bonds is 4. The van der Waals surface area contributed by atoms with Crippen molar-refractivity contribution in [3.05, 3.63) is 53.6 Å². The van der Waals surface area contributed by atoms with E-state index in [9.17, 15) is 4.79 Å². The van der Waals surface area contributed by atoms with Gasteiger partial charge >= 0.3 is 0 Å². The Morgan fingerprint density at radius 2 is 2.05 bits per heavy atom. The van der Waals surface area contributed by atoms with Crippen molar-refractivity contribution in [2.24, 2.45) is 0 Å². The second-order valence-corrected chi connectivity index (χ2v) is 5.91. The van der Waals surface area contributed by atoms with Gasteiger partial charge in [0.15, 0.2) is 0 Å². The second-order valence-electron chi connectivity index (χ2n) is 4.24. The molecule has 1 aromatic rings. The molecule has 0 aliphatic carbocycles. The van der Waals surface area contributed by atoms with Crippen LogP contribution in [0, 0.1) is 0 Å². The van der Waals surface area contributed by atoms with Gasteiger partial charge in [-0.3, -0.25) is 9.69 Å². The Labute approximate surface area is 128 Å². The molecule has 0 bridgehead atoms. The molecule has 0 spiro atoms. The lowest BCUT2D eigenvalue weighted by molar-refractivity contribution is -0.122. The van der Waals surface area contributed by atoms with Gasteiger partial charge in [0.05, 0.1) is 4.91 Å². The third-order valence-corrected chi connectivity index (χ3v) is 4.31. The van der Waals surface area contributed by atoms with Gasteiger partial charge in [-0.05, 0) is 31.2 Å². The lowest BCUT2D eigenvalue weighted by atomic mass is 10.3. The number of benzene rings is 1. The quantitative estimate of drug-likeness (QED) is 0.628. The zero-order chi connectivity index (χ0) is 14.5. The molecule has 2 rings (SSSR count). The number of nitrogens with zero attached hydrogens (tertiary/aromatic N) is 2. The van der Waals surface area contributed by atoms with Gasteiger partial charge in [-0.25, -0.2) is 0 Å². The molecular weight excluding hydrogens is 288 g/mol. The third-order valence-electron chi connectivity index (χ3n) is 2.91. The smallest absolute Gasteiger partial charge is 0.266 e. The molecule has 1 aliphatic heterocycles. The Morgan fingerprint density at radius 3 is 2.65 bits per heavy atom. The van der Waals surface area contributed by atoms with Crippen LogP contribution in [0.4, 0.5) is 5.69 Å². The number of carbonyl (C=O) groups excluding carboxylic acids is 1. The Kier molecular flexibility index (Phi) is 4.98. The Morgan fingerprint density at radius 1 is 1.35 bits per heavy atom. The van der Waals surface area contributed by atoms with Gasteiger partial charge in [0.1, 0.15) is 4.32 Å². The first-order valence-electron chi connectivity index (χ1n) is 6.33. The molecule has 1 fully saturated rings. The van der Waals surface area contributed by atoms with E-state index < -0.39 is 0 Å². The standard InChI is InChI=1S/C15H16N2OS2/c1-3-17-14(18)13(20-15(17)19)10-7-11-16(2)12-8-5-4-6-9-12/h4-11H,3H2,1-2H3. The van der Waals surface area contributed by atoms with Gasteiger partial charge in [-0.15, -0.1) is 0 Å². The summed E-state index contributed by atoms with van der Waals surface area (Å²) in [4.78, 5) is 16.3. The van der Waals surface area contributed by atoms with Crippen molar-refractivity contribution >= 4 is 39.9 Å². The summed E-state index contributed by atoms with van der Waals surface area (Å²) in [5.41, 5.74) is 1.10. The van der Waals surface area contributed by atoms with Crippen LogP contribution in [0.5, 0.6) is 0 Å². The second kappa shape index (κ2) is 6.72. The highest BCUT2D eigenvalue weighted by molar-refractivity contribution is 8.26. The Hall–Kier alpha value is -1.59. The predicted octanol–water partition coefficient (Wildman–Crippen LogP) is 3.40. The third kappa shape index (κ3) is 3.29. The van der Waals surface area contributed by atoms with E-state index in [0.29, 0.717) is 15.8 Å². The fourth-order valence-electron chi connectivity index (χ4n) is 1.80. The summed E-state index contributed by atoms with van der Waals surface area (Å²) in [7, 11) is 1.97. The number of hydrogen-bond donors (Lipinski definition) is 0. The number of allylic oxidation sites excluding steroid dienone is 2. The minimum absolute atomic E-state index is 0.00508. The van der Waals surface area contributed by atoms with Gasteiger partial charge in [0, 0.05) is 25.5 Å². The van der Waals surface area contributed by atoms with E-state index in [2.05, 4.69) is 0 Å². The molecule has 1 aliphatic rings. The van der Waals surface area contributed by atoms with Crippen LogP contribution in [0.25, 0.3) is 0 Å².